The predicted octanol–water partition coefficient (Wildman–Crippen LogP) is 2.51. The number of aromatic amines is 1. The number of aromatic nitrogens is 1. The first-order valence-corrected chi connectivity index (χ1v) is 8.37. The average molecular weight is 315 g/mol. The highest BCUT2D eigenvalue weighted by molar-refractivity contribution is 5.83. The van der Waals surface area contributed by atoms with Gasteiger partial charge < -0.3 is 20.3 Å². The van der Waals surface area contributed by atoms with E-state index in [1.54, 1.807) is 11.9 Å². The molecule has 0 radical (unpaired) electrons. The maximum Gasteiger partial charge on any atom is 0.317 e. The Labute approximate surface area is 136 Å². The quantitative estimate of drug-likeness (QED) is 0.793. The fraction of sp³-hybridized carbons (Fsp3) is 0.500. The number of H-pyrrole nitrogens is 1. The Hall–Kier alpha value is -2.01. The molecule has 3 N–H and O–H groups in total. The van der Waals surface area contributed by atoms with Gasteiger partial charge in [0.2, 0.25) is 0 Å². The van der Waals surface area contributed by atoms with E-state index < -0.39 is 0 Å². The second-order valence-electron chi connectivity index (χ2n) is 6.48. The molecule has 2 aromatic rings. The number of nitrogens with zero attached hydrogens (tertiary/aromatic N) is 1. The molecule has 124 valence electrons. The Kier molecular flexibility index (Phi) is 4.86. The zero-order chi connectivity index (χ0) is 16.2. The maximum atomic E-state index is 12.2. The van der Waals surface area contributed by atoms with Crippen molar-refractivity contribution in [1.82, 2.24) is 15.2 Å². The van der Waals surface area contributed by atoms with E-state index >= 15 is 0 Å². The molecule has 1 saturated carbocycles. The summed E-state index contributed by atoms with van der Waals surface area (Å²) in [4.78, 5) is 17.1. The van der Waals surface area contributed by atoms with Gasteiger partial charge in [-0.05, 0) is 30.9 Å². The number of nitrogens with one attached hydrogen (secondary N) is 2. The summed E-state index contributed by atoms with van der Waals surface area (Å²) < 4.78 is 0. The number of hydrogen-bond donors (Lipinski definition) is 3. The number of rotatable bonds is 5. The van der Waals surface area contributed by atoms with Crippen LogP contribution in [0.5, 0.6) is 0 Å². The molecule has 1 fully saturated rings. The van der Waals surface area contributed by atoms with Gasteiger partial charge in [-0.2, -0.15) is 0 Å². The largest absolute Gasteiger partial charge is 0.393 e. The van der Waals surface area contributed by atoms with Gasteiger partial charge in [0.15, 0.2) is 0 Å². The summed E-state index contributed by atoms with van der Waals surface area (Å²) >= 11 is 0. The fourth-order valence-corrected chi connectivity index (χ4v) is 3.44. The number of urea groups is 1. The number of hydrogen-bond acceptors (Lipinski definition) is 2. The summed E-state index contributed by atoms with van der Waals surface area (Å²) in [5.41, 5.74) is 2.34. The lowest BCUT2D eigenvalue weighted by Crippen LogP contribution is -2.41. The van der Waals surface area contributed by atoms with E-state index in [2.05, 4.69) is 22.4 Å². The van der Waals surface area contributed by atoms with Crippen LogP contribution in [0.3, 0.4) is 0 Å². The molecule has 1 aliphatic carbocycles. The van der Waals surface area contributed by atoms with Crippen molar-refractivity contribution < 1.29 is 9.90 Å². The molecule has 5 nitrogen and oxygen atoms in total. The van der Waals surface area contributed by atoms with Crippen LogP contribution in [0.1, 0.15) is 24.8 Å². The fourth-order valence-electron chi connectivity index (χ4n) is 3.44. The van der Waals surface area contributed by atoms with Crippen LogP contribution < -0.4 is 5.32 Å². The minimum atomic E-state index is -0.253. The summed E-state index contributed by atoms with van der Waals surface area (Å²) in [6.45, 7) is 1.23. The minimum Gasteiger partial charge on any atom is -0.393 e. The normalized spacial score (nSPS) is 20.8. The van der Waals surface area contributed by atoms with Crippen molar-refractivity contribution >= 4 is 16.9 Å². The van der Waals surface area contributed by atoms with Crippen LogP contribution in [0.2, 0.25) is 0 Å². The topological polar surface area (TPSA) is 68.4 Å². The minimum absolute atomic E-state index is 0.0658. The smallest absolute Gasteiger partial charge is 0.317 e. The zero-order valence-corrected chi connectivity index (χ0v) is 13.6. The van der Waals surface area contributed by atoms with Crippen LogP contribution >= 0.6 is 0 Å². The van der Waals surface area contributed by atoms with Gasteiger partial charge in [-0.25, -0.2) is 4.79 Å². The number of fused-ring (bicyclic) bond motifs is 1. The second kappa shape index (κ2) is 7.04. The Balaban J connectivity index is 1.47. The molecular formula is C18H25N3O2. The van der Waals surface area contributed by atoms with E-state index in [9.17, 15) is 9.90 Å². The predicted molar refractivity (Wildman–Crippen MR) is 91.4 cm³/mol. The van der Waals surface area contributed by atoms with Crippen LogP contribution in [0.15, 0.2) is 30.5 Å². The summed E-state index contributed by atoms with van der Waals surface area (Å²) in [7, 11) is 1.80. The van der Waals surface area contributed by atoms with Gasteiger partial charge in [0.1, 0.15) is 0 Å². The monoisotopic (exact) mass is 315 g/mol. The molecule has 1 heterocycles. The van der Waals surface area contributed by atoms with Gasteiger partial charge in [0.25, 0.3) is 0 Å². The molecule has 1 aliphatic rings. The Morgan fingerprint density at radius 3 is 3.00 bits per heavy atom. The van der Waals surface area contributed by atoms with Gasteiger partial charge in [-0.15, -0.1) is 0 Å². The highest BCUT2D eigenvalue weighted by Gasteiger charge is 2.27. The summed E-state index contributed by atoms with van der Waals surface area (Å²) in [6, 6.07) is 8.12. The Bertz CT molecular complexity index is 667. The molecule has 0 aliphatic heterocycles. The van der Waals surface area contributed by atoms with Crippen molar-refractivity contribution in [2.75, 3.05) is 20.1 Å². The highest BCUT2D eigenvalue weighted by Crippen LogP contribution is 2.26. The number of benzene rings is 1. The summed E-state index contributed by atoms with van der Waals surface area (Å²) in [6.07, 6.45) is 5.48. The van der Waals surface area contributed by atoms with Crippen molar-refractivity contribution in [1.29, 1.82) is 0 Å². The Morgan fingerprint density at radius 2 is 2.22 bits per heavy atom. The number of aliphatic hydroxyl groups is 1. The van der Waals surface area contributed by atoms with E-state index in [0.29, 0.717) is 13.1 Å². The first kappa shape index (κ1) is 15.9. The summed E-state index contributed by atoms with van der Waals surface area (Å²) in [5, 5.41) is 14.0. The van der Waals surface area contributed by atoms with Crippen molar-refractivity contribution in [2.24, 2.45) is 5.92 Å². The van der Waals surface area contributed by atoms with Crippen molar-refractivity contribution in [3.63, 3.8) is 0 Å². The standard InChI is InChI=1S/C18H25N3O2/c1-21(12-14-5-4-8-17(14)22)18(23)19-10-9-13-11-20-16-7-3-2-6-15(13)16/h2-3,6-7,11,14,17,20,22H,4-5,8-10,12H2,1H3,(H,19,23). The Morgan fingerprint density at radius 1 is 1.39 bits per heavy atom. The molecule has 1 aromatic carbocycles. The van der Waals surface area contributed by atoms with E-state index in [1.807, 2.05) is 18.3 Å². The van der Waals surface area contributed by atoms with Gasteiger partial charge in [-0.3, -0.25) is 0 Å². The van der Waals surface area contributed by atoms with E-state index in [-0.39, 0.29) is 18.1 Å². The van der Waals surface area contributed by atoms with Crippen molar-refractivity contribution in [3.05, 3.63) is 36.0 Å². The van der Waals surface area contributed by atoms with Crippen LogP contribution in [0, 0.1) is 5.92 Å². The lowest BCUT2D eigenvalue weighted by Gasteiger charge is -2.23. The van der Waals surface area contributed by atoms with Crippen LogP contribution in [-0.4, -0.2) is 47.3 Å². The molecule has 0 saturated heterocycles. The lowest BCUT2D eigenvalue weighted by molar-refractivity contribution is 0.114. The molecule has 2 amide bonds. The zero-order valence-electron chi connectivity index (χ0n) is 13.6. The van der Waals surface area contributed by atoms with E-state index in [1.165, 1.54) is 10.9 Å². The molecule has 5 heteroatoms. The third kappa shape index (κ3) is 3.67. The van der Waals surface area contributed by atoms with E-state index in [4.69, 9.17) is 0 Å². The van der Waals surface area contributed by atoms with Gasteiger partial charge in [0, 0.05) is 43.2 Å². The van der Waals surface area contributed by atoms with Crippen molar-refractivity contribution in [2.45, 2.75) is 31.8 Å². The van der Waals surface area contributed by atoms with Crippen LogP contribution in [0.25, 0.3) is 10.9 Å². The molecule has 23 heavy (non-hydrogen) atoms. The van der Waals surface area contributed by atoms with E-state index in [0.717, 1.165) is 31.2 Å². The average Bonchev–Trinajstić information content (AvgIpc) is 3.14. The number of aliphatic hydroxyl groups excluding tert-OH is 1. The van der Waals surface area contributed by atoms with Gasteiger partial charge >= 0.3 is 6.03 Å². The number of para-hydroxylation sites is 1. The number of carbonyl (C=O) groups is 1. The molecule has 2 atom stereocenters. The lowest BCUT2D eigenvalue weighted by atomic mass is 10.1. The van der Waals surface area contributed by atoms with Crippen molar-refractivity contribution in [3.8, 4) is 0 Å². The van der Waals surface area contributed by atoms with Gasteiger partial charge in [-0.1, -0.05) is 24.6 Å². The highest BCUT2D eigenvalue weighted by atomic mass is 16.3. The molecule has 3 rings (SSSR count). The maximum absolute atomic E-state index is 12.2. The molecule has 1 aromatic heterocycles. The third-order valence-electron chi connectivity index (χ3n) is 4.82. The first-order valence-electron chi connectivity index (χ1n) is 8.37. The molecule has 2 unspecified atom stereocenters. The SMILES string of the molecule is CN(CC1CCCC1O)C(=O)NCCc1c[nH]c2ccccc12. The van der Waals surface area contributed by atoms with Crippen LogP contribution in [0.4, 0.5) is 4.79 Å². The molecule has 0 bridgehead atoms. The summed E-state index contributed by atoms with van der Waals surface area (Å²) in [5.74, 6) is 0.222. The third-order valence-corrected chi connectivity index (χ3v) is 4.82. The molecule has 0 spiro atoms. The first-order chi connectivity index (χ1) is 11.1. The van der Waals surface area contributed by atoms with Gasteiger partial charge in [0.05, 0.1) is 6.10 Å². The second-order valence-corrected chi connectivity index (χ2v) is 6.48. The number of amides is 2. The van der Waals surface area contributed by atoms with Crippen LogP contribution in [-0.2, 0) is 6.42 Å². The molecular weight excluding hydrogens is 290 g/mol. The number of carbonyl (C=O) groups excluding carboxylic acids is 1.